The fraction of sp³-hybridized carbons (Fsp3) is 0.464. The second kappa shape index (κ2) is 11.1. The number of anilines is 2. The lowest BCUT2D eigenvalue weighted by Gasteiger charge is -2.27. The van der Waals surface area contributed by atoms with Gasteiger partial charge in [0.25, 0.3) is 11.8 Å². The van der Waals surface area contributed by atoms with Crippen molar-refractivity contribution in [2.24, 2.45) is 5.92 Å². The maximum Gasteiger partial charge on any atom is 0.255 e. The highest BCUT2D eigenvalue weighted by Crippen LogP contribution is 2.33. The molecule has 2 heterocycles. The highest BCUT2D eigenvalue weighted by molar-refractivity contribution is 6.07. The summed E-state index contributed by atoms with van der Waals surface area (Å²) in [5.74, 6) is 0.275. The van der Waals surface area contributed by atoms with Crippen molar-refractivity contribution in [2.45, 2.75) is 25.7 Å². The molecule has 0 radical (unpaired) electrons. The van der Waals surface area contributed by atoms with Crippen LogP contribution in [0.15, 0.2) is 48.5 Å². The van der Waals surface area contributed by atoms with E-state index < -0.39 is 0 Å². The fourth-order valence-electron chi connectivity index (χ4n) is 5.03. The molecule has 3 aliphatic rings. The molecule has 1 saturated carbocycles. The van der Waals surface area contributed by atoms with Crippen LogP contribution in [0, 0.1) is 5.92 Å². The first-order chi connectivity index (χ1) is 17.6. The third-order valence-corrected chi connectivity index (χ3v) is 7.23. The highest BCUT2D eigenvalue weighted by atomic mass is 16.2. The molecule has 8 nitrogen and oxygen atoms in total. The van der Waals surface area contributed by atoms with E-state index in [0.717, 1.165) is 64.1 Å². The first-order valence-corrected chi connectivity index (χ1v) is 13.1. The van der Waals surface area contributed by atoms with Crippen molar-refractivity contribution in [3.8, 4) is 0 Å². The van der Waals surface area contributed by atoms with E-state index in [-0.39, 0.29) is 23.6 Å². The molecule has 2 aromatic rings. The Morgan fingerprint density at radius 1 is 0.778 bits per heavy atom. The molecule has 8 heteroatoms. The molecule has 3 fully saturated rings. The molecule has 3 amide bonds. The van der Waals surface area contributed by atoms with Crippen LogP contribution in [-0.4, -0.2) is 79.9 Å². The van der Waals surface area contributed by atoms with Crippen molar-refractivity contribution in [3.63, 3.8) is 0 Å². The van der Waals surface area contributed by atoms with Gasteiger partial charge in [-0.25, -0.2) is 0 Å². The third kappa shape index (κ3) is 5.70. The SMILES string of the molecule is O=C(Nc1cc(C(=O)N2CCCNCC2)ccc1N1CCCN(C(=O)C2CC2)CC1)c1ccccc1. The minimum Gasteiger partial charge on any atom is -0.368 e. The molecule has 2 aromatic carbocycles. The second-order valence-corrected chi connectivity index (χ2v) is 9.89. The van der Waals surface area contributed by atoms with Crippen molar-refractivity contribution in [3.05, 3.63) is 59.7 Å². The Balaban J connectivity index is 1.39. The summed E-state index contributed by atoms with van der Waals surface area (Å²) in [4.78, 5) is 45.1. The Hall–Kier alpha value is -3.39. The topological polar surface area (TPSA) is 85.0 Å². The van der Waals surface area contributed by atoms with Gasteiger partial charge in [-0.2, -0.15) is 0 Å². The number of rotatable bonds is 5. The van der Waals surface area contributed by atoms with E-state index in [4.69, 9.17) is 0 Å². The van der Waals surface area contributed by atoms with Crippen LogP contribution in [0.5, 0.6) is 0 Å². The van der Waals surface area contributed by atoms with Crippen molar-refractivity contribution in [1.29, 1.82) is 0 Å². The molecular weight excluding hydrogens is 454 g/mol. The Morgan fingerprint density at radius 3 is 2.39 bits per heavy atom. The third-order valence-electron chi connectivity index (χ3n) is 7.23. The van der Waals surface area contributed by atoms with Gasteiger partial charge in [-0.15, -0.1) is 0 Å². The molecular formula is C28H35N5O3. The predicted molar refractivity (Wildman–Crippen MR) is 140 cm³/mol. The number of nitrogens with zero attached hydrogens (tertiary/aromatic N) is 3. The lowest BCUT2D eigenvalue weighted by atomic mass is 10.1. The summed E-state index contributed by atoms with van der Waals surface area (Å²) < 4.78 is 0. The van der Waals surface area contributed by atoms with E-state index in [1.165, 1.54) is 0 Å². The van der Waals surface area contributed by atoms with Gasteiger partial charge in [-0.05, 0) is 62.6 Å². The van der Waals surface area contributed by atoms with Crippen LogP contribution in [0.25, 0.3) is 0 Å². The molecule has 0 unspecified atom stereocenters. The molecule has 0 aromatic heterocycles. The normalized spacial score (nSPS) is 18.8. The van der Waals surface area contributed by atoms with Gasteiger partial charge in [0.1, 0.15) is 0 Å². The summed E-state index contributed by atoms with van der Waals surface area (Å²) in [7, 11) is 0. The van der Waals surface area contributed by atoms with Crippen LogP contribution in [0.4, 0.5) is 11.4 Å². The summed E-state index contributed by atoms with van der Waals surface area (Å²) in [6.45, 7) is 5.99. The van der Waals surface area contributed by atoms with Crippen LogP contribution in [0.2, 0.25) is 0 Å². The van der Waals surface area contributed by atoms with Crippen molar-refractivity contribution < 1.29 is 14.4 Å². The van der Waals surface area contributed by atoms with Crippen molar-refractivity contribution in [1.82, 2.24) is 15.1 Å². The number of hydrogen-bond acceptors (Lipinski definition) is 5. The van der Waals surface area contributed by atoms with E-state index in [2.05, 4.69) is 15.5 Å². The number of hydrogen-bond donors (Lipinski definition) is 2. The van der Waals surface area contributed by atoms with Crippen LogP contribution < -0.4 is 15.5 Å². The summed E-state index contributed by atoms with van der Waals surface area (Å²) in [6.07, 6.45) is 3.81. The van der Waals surface area contributed by atoms with Gasteiger partial charge in [0.05, 0.1) is 11.4 Å². The zero-order chi connectivity index (χ0) is 24.9. The molecule has 0 bridgehead atoms. The summed E-state index contributed by atoms with van der Waals surface area (Å²) in [6, 6.07) is 14.7. The van der Waals surface area contributed by atoms with Crippen LogP contribution >= 0.6 is 0 Å². The van der Waals surface area contributed by atoms with Crippen molar-refractivity contribution >= 4 is 29.1 Å². The average Bonchev–Trinajstić information content (AvgIpc) is 3.77. The molecule has 5 rings (SSSR count). The summed E-state index contributed by atoms with van der Waals surface area (Å²) in [5.41, 5.74) is 2.65. The van der Waals surface area contributed by atoms with Gasteiger partial charge in [-0.3, -0.25) is 14.4 Å². The van der Waals surface area contributed by atoms with E-state index in [1.54, 1.807) is 12.1 Å². The highest BCUT2D eigenvalue weighted by Gasteiger charge is 2.34. The smallest absolute Gasteiger partial charge is 0.255 e. The average molecular weight is 490 g/mol. The maximum absolute atomic E-state index is 13.3. The zero-order valence-corrected chi connectivity index (χ0v) is 20.7. The van der Waals surface area contributed by atoms with Crippen molar-refractivity contribution in [2.75, 3.05) is 62.6 Å². The number of nitrogens with one attached hydrogen (secondary N) is 2. The molecule has 1 aliphatic carbocycles. The van der Waals surface area contributed by atoms with Gasteiger partial charge in [0.2, 0.25) is 5.91 Å². The quantitative estimate of drug-likeness (QED) is 0.675. The van der Waals surface area contributed by atoms with Gasteiger partial charge in [0, 0.05) is 62.9 Å². The monoisotopic (exact) mass is 489 g/mol. The van der Waals surface area contributed by atoms with Crippen LogP contribution in [0.3, 0.4) is 0 Å². The largest absolute Gasteiger partial charge is 0.368 e. The van der Waals surface area contributed by atoms with E-state index in [1.807, 2.05) is 46.2 Å². The number of amides is 3. The van der Waals surface area contributed by atoms with Gasteiger partial charge < -0.3 is 25.3 Å². The Bertz CT molecular complexity index is 1090. The summed E-state index contributed by atoms with van der Waals surface area (Å²) in [5, 5.41) is 6.41. The summed E-state index contributed by atoms with van der Waals surface area (Å²) >= 11 is 0. The Kier molecular flexibility index (Phi) is 7.51. The van der Waals surface area contributed by atoms with E-state index in [9.17, 15) is 14.4 Å². The number of benzene rings is 2. The van der Waals surface area contributed by atoms with E-state index >= 15 is 0 Å². The van der Waals surface area contributed by atoms with E-state index in [0.29, 0.717) is 36.4 Å². The fourth-order valence-corrected chi connectivity index (χ4v) is 5.03. The Labute approximate surface area is 212 Å². The van der Waals surface area contributed by atoms with Gasteiger partial charge in [0.15, 0.2) is 0 Å². The maximum atomic E-state index is 13.3. The minimum atomic E-state index is -0.208. The molecule has 2 N–H and O–H groups in total. The molecule has 190 valence electrons. The van der Waals surface area contributed by atoms with Crippen LogP contribution in [0.1, 0.15) is 46.4 Å². The zero-order valence-electron chi connectivity index (χ0n) is 20.7. The first-order valence-electron chi connectivity index (χ1n) is 13.1. The number of carbonyl (C=O) groups is 3. The Morgan fingerprint density at radius 2 is 1.58 bits per heavy atom. The lowest BCUT2D eigenvalue weighted by molar-refractivity contribution is -0.132. The minimum absolute atomic E-state index is 0.0162. The molecule has 0 atom stereocenters. The predicted octanol–water partition coefficient (Wildman–Crippen LogP) is 2.82. The lowest BCUT2D eigenvalue weighted by Crippen LogP contribution is -2.36. The van der Waals surface area contributed by atoms with Gasteiger partial charge in [-0.1, -0.05) is 18.2 Å². The van der Waals surface area contributed by atoms with Gasteiger partial charge >= 0.3 is 0 Å². The molecule has 0 spiro atoms. The first kappa shape index (κ1) is 24.3. The molecule has 36 heavy (non-hydrogen) atoms. The standard InChI is InChI=1S/C28H35N5O3/c34-26(21-6-2-1-3-7-21)30-24-20-23(28(36)32-14-4-12-29-13-17-32)10-11-25(24)31-15-5-16-33(19-18-31)27(35)22-8-9-22/h1-3,6-7,10-11,20,22,29H,4-5,8-9,12-19H2,(H,30,34). The second-order valence-electron chi connectivity index (χ2n) is 9.89. The molecule has 2 aliphatic heterocycles. The number of carbonyl (C=O) groups excluding carboxylic acids is 3. The van der Waals surface area contributed by atoms with Crippen LogP contribution in [-0.2, 0) is 4.79 Å². The molecule has 2 saturated heterocycles.